The molecule has 3 atom stereocenters. The second-order valence-electron chi connectivity index (χ2n) is 6.28. The van der Waals surface area contributed by atoms with E-state index in [1.165, 1.54) is 30.5 Å². The van der Waals surface area contributed by atoms with Gasteiger partial charge in [-0.3, -0.25) is 4.90 Å². The number of rotatable bonds is 5. The van der Waals surface area contributed by atoms with Gasteiger partial charge in [0, 0.05) is 12.6 Å². The topological polar surface area (TPSA) is 29.3 Å². The van der Waals surface area contributed by atoms with E-state index in [1.54, 1.807) is 0 Å². The smallest absolute Gasteiger partial charge is 0.0345 e. The summed E-state index contributed by atoms with van der Waals surface area (Å²) in [5.41, 5.74) is 8.84. The average Bonchev–Trinajstić information content (AvgIpc) is 2.50. The molecular weight excluding hydrogens is 244 g/mol. The molecule has 3 unspecified atom stereocenters. The van der Waals surface area contributed by atoms with Gasteiger partial charge < -0.3 is 5.73 Å². The van der Waals surface area contributed by atoms with Gasteiger partial charge in [-0.25, -0.2) is 0 Å². The predicted octanol–water partition coefficient (Wildman–Crippen LogP) is 3.62. The number of piperidine rings is 1. The summed E-state index contributed by atoms with van der Waals surface area (Å²) in [6, 6.07) is 9.77. The van der Waals surface area contributed by atoms with Gasteiger partial charge in [0.2, 0.25) is 0 Å². The van der Waals surface area contributed by atoms with Crippen molar-refractivity contribution >= 4 is 0 Å². The number of nitrogens with zero attached hydrogens (tertiary/aromatic N) is 1. The first kappa shape index (κ1) is 15.5. The Morgan fingerprint density at radius 1 is 1.25 bits per heavy atom. The van der Waals surface area contributed by atoms with Gasteiger partial charge in [-0.05, 0) is 55.3 Å². The van der Waals surface area contributed by atoms with E-state index in [-0.39, 0.29) is 0 Å². The summed E-state index contributed by atoms with van der Waals surface area (Å²) in [6.45, 7) is 10.1. The molecule has 1 aliphatic heterocycles. The van der Waals surface area contributed by atoms with E-state index >= 15 is 0 Å². The molecule has 20 heavy (non-hydrogen) atoms. The third-order valence-electron chi connectivity index (χ3n) is 5.05. The number of aryl methyl sites for hydroxylation is 1. The van der Waals surface area contributed by atoms with Gasteiger partial charge in [-0.1, -0.05) is 45.0 Å². The normalized spacial score (nSPS) is 25.6. The molecule has 0 saturated carbocycles. The molecule has 0 amide bonds. The molecule has 112 valence electrons. The Hall–Kier alpha value is -0.860. The van der Waals surface area contributed by atoms with Crippen molar-refractivity contribution in [3.63, 3.8) is 0 Å². The van der Waals surface area contributed by atoms with Crippen molar-refractivity contribution < 1.29 is 0 Å². The number of hydrogen-bond acceptors (Lipinski definition) is 2. The first-order chi connectivity index (χ1) is 9.69. The molecule has 1 saturated heterocycles. The third-order valence-corrected chi connectivity index (χ3v) is 5.05. The van der Waals surface area contributed by atoms with Crippen molar-refractivity contribution in [2.45, 2.75) is 46.1 Å². The van der Waals surface area contributed by atoms with E-state index in [0.717, 1.165) is 25.4 Å². The molecule has 1 fully saturated rings. The van der Waals surface area contributed by atoms with Gasteiger partial charge in [0.15, 0.2) is 0 Å². The Balaban J connectivity index is 2.10. The average molecular weight is 274 g/mol. The molecular formula is C18H30N2. The Bertz CT molecular complexity index is 398. The fourth-order valence-corrected chi connectivity index (χ4v) is 3.45. The van der Waals surface area contributed by atoms with Crippen LogP contribution in [0.1, 0.15) is 50.8 Å². The molecule has 0 bridgehead atoms. The minimum Gasteiger partial charge on any atom is -0.330 e. The van der Waals surface area contributed by atoms with Crippen LogP contribution in [-0.2, 0) is 6.42 Å². The molecule has 0 spiro atoms. The molecule has 1 aromatic carbocycles. The Morgan fingerprint density at radius 2 is 1.95 bits per heavy atom. The van der Waals surface area contributed by atoms with Crippen LogP contribution in [0.4, 0.5) is 0 Å². The van der Waals surface area contributed by atoms with Gasteiger partial charge in [0.25, 0.3) is 0 Å². The van der Waals surface area contributed by atoms with Gasteiger partial charge in [-0.2, -0.15) is 0 Å². The lowest BCUT2D eigenvalue weighted by Gasteiger charge is -2.41. The fourth-order valence-electron chi connectivity index (χ4n) is 3.45. The number of benzene rings is 1. The van der Waals surface area contributed by atoms with Crippen molar-refractivity contribution in [3.05, 3.63) is 35.4 Å². The molecule has 0 aromatic heterocycles. The summed E-state index contributed by atoms with van der Waals surface area (Å²) in [5.74, 6) is 1.43. The predicted molar refractivity (Wildman–Crippen MR) is 86.8 cm³/mol. The second-order valence-corrected chi connectivity index (χ2v) is 6.28. The Morgan fingerprint density at radius 3 is 2.50 bits per heavy atom. The quantitative estimate of drug-likeness (QED) is 0.888. The highest BCUT2D eigenvalue weighted by Gasteiger charge is 2.29. The lowest BCUT2D eigenvalue weighted by Crippen LogP contribution is -2.44. The van der Waals surface area contributed by atoms with E-state index < -0.39 is 0 Å². The maximum Gasteiger partial charge on any atom is 0.0345 e. The number of likely N-dealkylation sites (tertiary alicyclic amines) is 1. The lowest BCUT2D eigenvalue weighted by atomic mass is 9.85. The van der Waals surface area contributed by atoms with E-state index in [0.29, 0.717) is 12.0 Å². The summed E-state index contributed by atoms with van der Waals surface area (Å²) < 4.78 is 0. The molecule has 2 N–H and O–H groups in total. The third kappa shape index (κ3) is 3.42. The summed E-state index contributed by atoms with van der Waals surface area (Å²) >= 11 is 0. The molecule has 0 radical (unpaired) electrons. The number of hydrogen-bond donors (Lipinski definition) is 1. The highest BCUT2D eigenvalue weighted by atomic mass is 15.2. The summed E-state index contributed by atoms with van der Waals surface area (Å²) in [7, 11) is 0. The first-order valence-electron chi connectivity index (χ1n) is 8.22. The summed E-state index contributed by atoms with van der Waals surface area (Å²) in [5, 5.41) is 0. The highest BCUT2D eigenvalue weighted by Crippen LogP contribution is 2.31. The zero-order valence-electron chi connectivity index (χ0n) is 13.3. The zero-order chi connectivity index (χ0) is 14.5. The molecule has 1 heterocycles. The van der Waals surface area contributed by atoms with Crippen molar-refractivity contribution in [1.82, 2.24) is 4.90 Å². The minimum atomic E-state index is 0.558. The van der Waals surface area contributed by atoms with Gasteiger partial charge in [-0.15, -0.1) is 0 Å². The molecule has 2 rings (SSSR count). The van der Waals surface area contributed by atoms with Gasteiger partial charge in [0.05, 0.1) is 0 Å². The van der Waals surface area contributed by atoms with Crippen LogP contribution in [0.15, 0.2) is 24.3 Å². The largest absolute Gasteiger partial charge is 0.330 e. The minimum absolute atomic E-state index is 0.558. The first-order valence-corrected chi connectivity index (χ1v) is 8.22. The molecule has 2 heteroatoms. The maximum atomic E-state index is 5.95. The molecule has 2 nitrogen and oxygen atoms in total. The summed E-state index contributed by atoms with van der Waals surface area (Å²) in [4.78, 5) is 2.65. The van der Waals surface area contributed by atoms with Gasteiger partial charge in [0.1, 0.15) is 0 Å². The standard InChI is InChI=1S/C18H30N2/c1-4-15-6-8-16(9-7-15)18(5-2)20-11-10-14(3)17(12-19)13-20/h6-9,14,17-18H,4-5,10-13,19H2,1-3H3. The molecule has 1 aliphatic rings. The van der Waals surface area contributed by atoms with Crippen LogP contribution in [0.2, 0.25) is 0 Å². The zero-order valence-corrected chi connectivity index (χ0v) is 13.3. The number of nitrogens with two attached hydrogens (primary N) is 1. The van der Waals surface area contributed by atoms with Crippen LogP contribution in [0.25, 0.3) is 0 Å². The highest BCUT2D eigenvalue weighted by molar-refractivity contribution is 5.25. The monoisotopic (exact) mass is 274 g/mol. The molecule has 0 aliphatic carbocycles. The van der Waals surface area contributed by atoms with Crippen LogP contribution in [0.3, 0.4) is 0 Å². The summed E-state index contributed by atoms with van der Waals surface area (Å²) in [6.07, 6.45) is 3.58. The van der Waals surface area contributed by atoms with Crippen molar-refractivity contribution in [2.24, 2.45) is 17.6 Å². The Kier molecular flexibility index (Phi) is 5.62. The SMILES string of the molecule is CCc1ccc(C(CC)N2CCC(C)C(CN)C2)cc1. The van der Waals surface area contributed by atoms with Crippen LogP contribution in [-0.4, -0.2) is 24.5 Å². The lowest BCUT2D eigenvalue weighted by molar-refractivity contribution is 0.0885. The van der Waals surface area contributed by atoms with E-state index in [2.05, 4.69) is 49.9 Å². The van der Waals surface area contributed by atoms with Crippen molar-refractivity contribution in [2.75, 3.05) is 19.6 Å². The van der Waals surface area contributed by atoms with Gasteiger partial charge >= 0.3 is 0 Å². The van der Waals surface area contributed by atoms with E-state index in [9.17, 15) is 0 Å². The van der Waals surface area contributed by atoms with Crippen LogP contribution < -0.4 is 5.73 Å². The van der Waals surface area contributed by atoms with Crippen molar-refractivity contribution in [3.8, 4) is 0 Å². The van der Waals surface area contributed by atoms with Crippen LogP contribution in [0, 0.1) is 11.8 Å². The van der Waals surface area contributed by atoms with Crippen LogP contribution >= 0.6 is 0 Å². The second kappa shape index (κ2) is 7.24. The fraction of sp³-hybridized carbons (Fsp3) is 0.667. The maximum absolute atomic E-state index is 5.95. The van der Waals surface area contributed by atoms with E-state index in [1.807, 2.05) is 0 Å². The van der Waals surface area contributed by atoms with Crippen LogP contribution in [0.5, 0.6) is 0 Å². The van der Waals surface area contributed by atoms with Crippen molar-refractivity contribution in [1.29, 1.82) is 0 Å². The Labute approximate surface area is 124 Å². The van der Waals surface area contributed by atoms with E-state index in [4.69, 9.17) is 5.73 Å². The molecule has 1 aromatic rings.